The molecule has 1 aliphatic rings. The number of rotatable bonds is 5. The van der Waals surface area contributed by atoms with Gasteiger partial charge in [0.25, 0.3) is 5.91 Å². The number of amides is 1. The van der Waals surface area contributed by atoms with Crippen LogP contribution < -0.4 is 9.64 Å². The molecule has 2 heterocycles. The number of nitrogens with zero attached hydrogens (tertiary/aromatic N) is 3. The minimum atomic E-state index is -4.37. The molecule has 9 heteroatoms. The molecule has 0 atom stereocenters. The number of carbonyl (C=O) groups is 1. The van der Waals surface area contributed by atoms with Crippen LogP contribution in [0.5, 0.6) is 5.75 Å². The van der Waals surface area contributed by atoms with E-state index < -0.39 is 11.7 Å². The van der Waals surface area contributed by atoms with Crippen LogP contribution >= 0.6 is 11.3 Å². The van der Waals surface area contributed by atoms with Gasteiger partial charge in [0.1, 0.15) is 12.4 Å². The molecule has 1 fully saturated rings. The van der Waals surface area contributed by atoms with Crippen molar-refractivity contribution in [3.8, 4) is 5.75 Å². The molecule has 31 heavy (non-hydrogen) atoms. The van der Waals surface area contributed by atoms with Crippen molar-refractivity contribution in [2.24, 2.45) is 0 Å². The topological polar surface area (TPSA) is 45.7 Å². The Labute approximate surface area is 181 Å². The number of anilines is 1. The average molecular weight is 447 g/mol. The normalized spacial score (nSPS) is 14.5. The van der Waals surface area contributed by atoms with Gasteiger partial charge in [0, 0.05) is 42.8 Å². The predicted molar refractivity (Wildman–Crippen MR) is 112 cm³/mol. The van der Waals surface area contributed by atoms with Crippen molar-refractivity contribution in [3.05, 3.63) is 76.2 Å². The maximum atomic E-state index is 13.0. The second-order valence-corrected chi connectivity index (χ2v) is 7.84. The van der Waals surface area contributed by atoms with E-state index in [2.05, 4.69) is 4.98 Å². The molecule has 2 aromatic carbocycles. The smallest absolute Gasteiger partial charge is 0.416 e. The number of hydrogen-bond acceptors (Lipinski definition) is 5. The molecule has 0 bridgehead atoms. The third-order valence-electron chi connectivity index (χ3n) is 5.08. The number of carbonyl (C=O) groups excluding carboxylic acids is 1. The number of ether oxygens (including phenoxy) is 1. The number of halogens is 3. The summed E-state index contributed by atoms with van der Waals surface area (Å²) in [5, 5.41) is 1.91. The Morgan fingerprint density at radius 1 is 1.06 bits per heavy atom. The Morgan fingerprint density at radius 3 is 2.45 bits per heavy atom. The van der Waals surface area contributed by atoms with Gasteiger partial charge in [-0.1, -0.05) is 6.07 Å². The van der Waals surface area contributed by atoms with Crippen molar-refractivity contribution in [3.63, 3.8) is 0 Å². The van der Waals surface area contributed by atoms with Gasteiger partial charge in [-0.3, -0.25) is 4.79 Å². The molecule has 1 aromatic heterocycles. The van der Waals surface area contributed by atoms with Gasteiger partial charge in [0.15, 0.2) is 0 Å². The van der Waals surface area contributed by atoms with E-state index in [9.17, 15) is 18.0 Å². The van der Waals surface area contributed by atoms with Crippen LogP contribution in [0.3, 0.4) is 0 Å². The summed E-state index contributed by atoms with van der Waals surface area (Å²) >= 11 is 1.50. The van der Waals surface area contributed by atoms with Crippen LogP contribution in [0.2, 0.25) is 0 Å². The molecule has 0 unspecified atom stereocenters. The van der Waals surface area contributed by atoms with Gasteiger partial charge >= 0.3 is 6.18 Å². The van der Waals surface area contributed by atoms with Gasteiger partial charge in [0.05, 0.1) is 16.8 Å². The molecule has 1 saturated heterocycles. The molecule has 3 aromatic rings. The minimum absolute atomic E-state index is 0.102. The first-order valence-corrected chi connectivity index (χ1v) is 10.7. The molecule has 5 nitrogen and oxygen atoms in total. The van der Waals surface area contributed by atoms with E-state index in [1.807, 2.05) is 10.3 Å². The van der Waals surface area contributed by atoms with E-state index in [0.29, 0.717) is 49.8 Å². The third-order valence-corrected chi connectivity index (χ3v) is 5.71. The summed E-state index contributed by atoms with van der Waals surface area (Å²) in [6.45, 7) is 2.20. The van der Waals surface area contributed by atoms with Crippen molar-refractivity contribution in [2.45, 2.75) is 12.8 Å². The van der Waals surface area contributed by atoms with Crippen LogP contribution in [0.1, 0.15) is 21.6 Å². The largest absolute Gasteiger partial charge is 0.487 e. The molecule has 1 aliphatic heterocycles. The molecule has 162 valence electrons. The van der Waals surface area contributed by atoms with E-state index in [1.54, 1.807) is 40.7 Å². The third kappa shape index (κ3) is 5.16. The Bertz CT molecular complexity index is 1020. The fraction of sp³-hybridized carbons (Fsp3) is 0.273. The van der Waals surface area contributed by atoms with Gasteiger partial charge in [-0.25, -0.2) is 4.98 Å². The highest BCUT2D eigenvalue weighted by molar-refractivity contribution is 7.07. The summed E-state index contributed by atoms with van der Waals surface area (Å²) in [5.74, 6) is 0.550. The van der Waals surface area contributed by atoms with Crippen LogP contribution in [0.4, 0.5) is 18.9 Å². The van der Waals surface area contributed by atoms with E-state index in [0.717, 1.165) is 17.8 Å². The molecular weight excluding hydrogens is 427 g/mol. The molecule has 0 radical (unpaired) electrons. The van der Waals surface area contributed by atoms with E-state index in [-0.39, 0.29) is 5.91 Å². The lowest BCUT2D eigenvalue weighted by molar-refractivity contribution is -0.137. The van der Waals surface area contributed by atoms with Crippen LogP contribution in [0.25, 0.3) is 0 Å². The SMILES string of the molecule is O=C(c1ccc(OCc2cscn2)cc1)N1CCN(c2cccc(C(F)(F)F)c2)CC1. The highest BCUT2D eigenvalue weighted by Gasteiger charge is 2.31. The van der Waals surface area contributed by atoms with E-state index in [4.69, 9.17) is 4.74 Å². The zero-order valence-corrected chi connectivity index (χ0v) is 17.3. The highest BCUT2D eigenvalue weighted by atomic mass is 32.1. The molecule has 1 amide bonds. The quantitative estimate of drug-likeness (QED) is 0.569. The van der Waals surface area contributed by atoms with Crippen LogP contribution in [-0.2, 0) is 12.8 Å². The number of aromatic nitrogens is 1. The fourth-order valence-corrected chi connectivity index (χ4v) is 3.93. The number of hydrogen-bond donors (Lipinski definition) is 0. The summed E-state index contributed by atoms with van der Waals surface area (Å²) < 4.78 is 44.5. The molecule has 0 saturated carbocycles. The highest BCUT2D eigenvalue weighted by Crippen LogP contribution is 2.32. The summed E-state index contributed by atoms with van der Waals surface area (Å²) in [7, 11) is 0. The lowest BCUT2D eigenvalue weighted by Gasteiger charge is -2.36. The Balaban J connectivity index is 1.33. The summed E-state index contributed by atoms with van der Waals surface area (Å²) in [4.78, 5) is 20.5. The van der Waals surface area contributed by atoms with Gasteiger partial charge in [-0.2, -0.15) is 13.2 Å². The second-order valence-electron chi connectivity index (χ2n) is 7.12. The first-order valence-electron chi connectivity index (χ1n) is 9.71. The number of piperazine rings is 1. The number of benzene rings is 2. The first kappa shape index (κ1) is 21.2. The molecule has 0 aliphatic carbocycles. The van der Waals surface area contributed by atoms with Crippen molar-refractivity contribution in [1.82, 2.24) is 9.88 Å². The van der Waals surface area contributed by atoms with Gasteiger partial charge < -0.3 is 14.5 Å². The summed E-state index contributed by atoms with van der Waals surface area (Å²) in [6, 6.07) is 12.2. The molecule has 4 rings (SSSR count). The summed E-state index contributed by atoms with van der Waals surface area (Å²) in [5.41, 5.74) is 2.99. The zero-order valence-electron chi connectivity index (χ0n) is 16.5. The molecular formula is C22H20F3N3O2S. The van der Waals surface area contributed by atoms with Crippen LogP contribution in [0, 0.1) is 0 Å². The number of thiazole rings is 1. The minimum Gasteiger partial charge on any atom is -0.487 e. The summed E-state index contributed by atoms with van der Waals surface area (Å²) in [6.07, 6.45) is -4.37. The lowest BCUT2D eigenvalue weighted by atomic mass is 10.1. The standard InChI is InChI=1S/C22H20F3N3O2S/c23-22(24,25)17-2-1-3-19(12-17)27-8-10-28(11-9-27)21(29)16-4-6-20(7-5-16)30-13-18-14-31-15-26-18/h1-7,12,14-15H,8-11,13H2. The monoisotopic (exact) mass is 447 g/mol. The lowest BCUT2D eigenvalue weighted by Crippen LogP contribution is -2.48. The van der Waals surface area contributed by atoms with Crippen molar-refractivity contribution >= 4 is 22.9 Å². The van der Waals surface area contributed by atoms with Crippen molar-refractivity contribution in [1.29, 1.82) is 0 Å². The zero-order chi connectivity index (χ0) is 21.8. The van der Waals surface area contributed by atoms with Crippen molar-refractivity contribution < 1.29 is 22.7 Å². The Morgan fingerprint density at radius 2 is 1.81 bits per heavy atom. The number of alkyl halides is 3. The van der Waals surface area contributed by atoms with Crippen molar-refractivity contribution in [2.75, 3.05) is 31.1 Å². The maximum absolute atomic E-state index is 13.0. The maximum Gasteiger partial charge on any atom is 0.416 e. The molecule has 0 spiro atoms. The van der Waals surface area contributed by atoms with Crippen LogP contribution in [0.15, 0.2) is 59.4 Å². The Hall–Kier alpha value is -3.07. The van der Waals surface area contributed by atoms with Gasteiger partial charge in [-0.05, 0) is 42.5 Å². The van der Waals surface area contributed by atoms with E-state index >= 15 is 0 Å². The Kier molecular flexibility index (Phi) is 6.13. The second kappa shape index (κ2) is 8.97. The predicted octanol–water partition coefficient (Wildman–Crippen LogP) is 4.70. The fourth-order valence-electron chi connectivity index (χ4n) is 3.39. The first-order chi connectivity index (χ1) is 14.9. The molecule has 0 N–H and O–H groups in total. The van der Waals surface area contributed by atoms with Gasteiger partial charge in [0.2, 0.25) is 0 Å². The van der Waals surface area contributed by atoms with E-state index in [1.165, 1.54) is 17.4 Å². The van der Waals surface area contributed by atoms with Crippen LogP contribution in [-0.4, -0.2) is 42.0 Å². The average Bonchev–Trinajstić information content (AvgIpc) is 3.31. The van der Waals surface area contributed by atoms with Gasteiger partial charge in [-0.15, -0.1) is 11.3 Å².